The first-order valence-corrected chi connectivity index (χ1v) is 7.54. The van der Waals surface area contributed by atoms with E-state index < -0.39 is 29.1 Å². The van der Waals surface area contributed by atoms with Gasteiger partial charge in [-0.3, -0.25) is 0 Å². The molecule has 0 spiro atoms. The molecule has 0 radical (unpaired) electrons. The highest BCUT2D eigenvalue weighted by Crippen LogP contribution is 2.15. The first-order valence-electron chi connectivity index (χ1n) is 7.54. The molecule has 140 valence electrons. The van der Waals surface area contributed by atoms with E-state index in [2.05, 4.69) is 4.74 Å². The van der Waals surface area contributed by atoms with Crippen LogP contribution in [0.3, 0.4) is 0 Å². The van der Waals surface area contributed by atoms with Gasteiger partial charge in [0.25, 0.3) is 0 Å². The number of aliphatic hydroxyl groups is 2. The Balaban J connectivity index is 0.000000273. The number of aromatic carboxylic acids is 1. The summed E-state index contributed by atoms with van der Waals surface area (Å²) in [5.74, 6) is -3.75. The number of ether oxygens (including phenoxy) is 1. The summed E-state index contributed by atoms with van der Waals surface area (Å²) in [4.78, 5) is 22.0. The molecule has 0 unspecified atom stereocenters. The van der Waals surface area contributed by atoms with Crippen LogP contribution in [0.25, 0.3) is 0 Å². The van der Waals surface area contributed by atoms with Crippen LogP contribution in [0.4, 0.5) is 8.78 Å². The number of carbonyl (C=O) groups is 2. The third-order valence-corrected chi connectivity index (χ3v) is 3.27. The number of aliphatic hydroxyl groups excluding tert-OH is 2. The van der Waals surface area contributed by atoms with Crippen LogP contribution in [0.15, 0.2) is 36.4 Å². The van der Waals surface area contributed by atoms with Crippen molar-refractivity contribution in [3.05, 3.63) is 70.3 Å². The van der Waals surface area contributed by atoms with Gasteiger partial charge in [-0.2, -0.15) is 0 Å². The minimum absolute atomic E-state index is 0.106. The Morgan fingerprint density at radius 3 is 2.12 bits per heavy atom. The van der Waals surface area contributed by atoms with E-state index in [4.69, 9.17) is 15.3 Å². The Labute approximate surface area is 148 Å². The van der Waals surface area contributed by atoms with Gasteiger partial charge in [-0.25, -0.2) is 18.4 Å². The van der Waals surface area contributed by atoms with Gasteiger partial charge >= 0.3 is 11.9 Å². The normalized spacial score (nSPS) is 9.88. The van der Waals surface area contributed by atoms with Gasteiger partial charge < -0.3 is 20.1 Å². The van der Waals surface area contributed by atoms with Crippen LogP contribution >= 0.6 is 0 Å². The summed E-state index contributed by atoms with van der Waals surface area (Å²) in [6, 6.07) is 7.78. The summed E-state index contributed by atoms with van der Waals surface area (Å²) in [5, 5.41) is 26.1. The number of carboxylic acids is 1. The van der Waals surface area contributed by atoms with Crippen LogP contribution in [-0.4, -0.2) is 33.9 Å². The predicted octanol–water partition coefficient (Wildman–Crippen LogP) is 2.51. The highest BCUT2D eigenvalue weighted by Gasteiger charge is 2.21. The summed E-state index contributed by atoms with van der Waals surface area (Å²) in [5.41, 5.74) is -0.317. The number of hydrogen-bond donors (Lipinski definition) is 3. The Kier molecular flexibility index (Phi) is 8.33. The Morgan fingerprint density at radius 2 is 1.62 bits per heavy atom. The average Bonchev–Trinajstić information content (AvgIpc) is 2.61. The van der Waals surface area contributed by atoms with Crippen molar-refractivity contribution >= 4 is 11.9 Å². The largest absolute Gasteiger partial charge is 0.478 e. The third kappa shape index (κ3) is 5.33. The van der Waals surface area contributed by atoms with E-state index in [0.29, 0.717) is 5.56 Å². The van der Waals surface area contributed by atoms with Crippen molar-refractivity contribution in [1.82, 2.24) is 0 Å². The Bertz CT molecular complexity index is 776. The van der Waals surface area contributed by atoms with Crippen LogP contribution < -0.4 is 0 Å². The average molecular weight is 368 g/mol. The van der Waals surface area contributed by atoms with Crippen LogP contribution in [0, 0.1) is 11.6 Å². The molecule has 26 heavy (non-hydrogen) atoms. The highest BCUT2D eigenvalue weighted by atomic mass is 19.1. The lowest BCUT2D eigenvalue weighted by atomic mass is 10.1. The Morgan fingerprint density at radius 1 is 1.00 bits per heavy atom. The molecular weight excluding hydrogens is 350 g/mol. The zero-order chi connectivity index (χ0) is 19.7. The number of carboxylic acid groups (broad SMARTS) is 1. The van der Waals surface area contributed by atoms with Gasteiger partial charge in [0.05, 0.1) is 25.4 Å². The third-order valence-electron chi connectivity index (χ3n) is 3.27. The number of rotatable bonds is 5. The minimum Gasteiger partial charge on any atom is -0.478 e. The molecule has 0 aliphatic rings. The van der Waals surface area contributed by atoms with Gasteiger partial charge in [0.2, 0.25) is 0 Å². The number of halogens is 2. The molecule has 6 nitrogen and oxygen atoms in total. The zero-order valence-electron chi connectivity index (χ0n) is 13.9. The maximum Gasteiger partial charge on any atom is 0.339 e. The van der Waals surface area contributed by atoms with Gasteiger partial charge in [0.1, 0.15) is 17.2 Å². The second kappa shape index (κ2) is 10.2. The first-order chi connectivity index (χ1) is 12.4. The molecule has 0 heterocycles. The first kappa shape index (κ1) is 21.2. The van der Waals surface area contributed by atoms with Crippen molar-refractivity contribution in [3.8, 4) is 0 Å². The monoisotopic (exact) mass is 368 g/mol. The van der Waals surface area contributed by atoms with Gasteiger partial charge in [0.15, 0.2) is 0 Å². The molecule has 0 saturated heterocycles. The molecule has 0 aliphatic heterocycles. The predicted molar refractivity (Wildman–Crippen MR) is 87.6 cm³/mol. The smallest absolute Gasteiger partial charge is 0.339 e. The number of esters is 1. The van der Waals surface area contributed by atoms with Gasteiger partial charge in [0, 0.05) is 5.56 Å². The molecule has 3 N–H and O–H groups in total. The van der Waals surface area contributed by atoms with Crippen molar-refractivity contribution in [2.24, 2.45) is 0 Å². The van der Waals surface area contributed by atoms with E-state index in [9.17, 15) is 18.4 Å². The minimum atomic E-state index is -1.49. The fourth-order valence-electron chi connectivity index (χ4n) is 2.05. The summed E-state index contributed by atoms with van der Waals surface area (Å²) >= 11 is 0. The van der Waals surface area contributed by atoms with Crippen LogP contribution in [0.5, 0.6) is 0 Å². The van der Waals surface area contributed by atoms with Crippen molar-refractivity contribution in [2.75, 3.05) is 6.61 Å². The molecule has 0 aromatic heterocycles. The summed E-state index contributed by atoms with van der Waals surface area (Å²) in [7, 11) is 0. The van der Waals surface area contributed by atoms with Crippen molar-refractivity contribution in [1.29, 1.82) is 0 Å². The van der Waals surface area contributed by atoms with E-state index >= 15 is 0 Å². The quantitative estimate of drug-likeness (QED) is 0.701. The second-order valence-electron chi connectivity index (χ2n) is 4.88. The topological polar surface area (TPSA) is 104 Å². The summed E-state index contributed by atoms with van der Waals surface area (Å²) in [6.45, 7) is 1.07. The zero-order valence-corrected chi connectivity index (χ0v) is 13.9. The van der Waals surface area contributed by atoms with Crippen molar-refractivity contribution in [3.63, 3.8) is 0 Å². The number of hydrogen-bond acceptors (Lipinski definition) is 5. The molecule has 2 rings (SSSR count). The van der Waals surface area contributed by atoms with E-state index in [1.54, 1.807) is 13.0 Å². The molecule has 2 aromatic rings. The fraction of sp³-hybridized carbons (Fsp3) is 0.222. The SMILES string of the molecule is CCOC(=O)c1cccc(F)c1C(=O)O.OCc1cccc(F)c1CO. The lowest BCUT2D eigenvalue weighted by Gasteiger charge is -2.05. The molecule has 0 atom stereocenters. The summed E-state index contributed by atoms with van der Waals surface area (Å²) < 4.78 is 30.5. The fourth-order valence-corrected chi connectivity index (χ4v) is 2.05. The number of benzene rings is 2. The van der Waals surface area contributed by atoms with E-state index in [0.717, 1.165) is 6.07 Å². The van der Waals surface area contributed by atoms with Crippen molar-refractivity contribution in [2.45, 2.75) is 20.1 Å². The molecule has 0 amide bonds. The lowest BCUT2D eigenvalue weighted by molar-refractivity contribution is 0.0513. The van der Waals surface area contributed by atoms with E-state index in [1.807, 2.05) is 0 Å². The van der Waals surface area contributed by atoms with Crippen LogP contribution in [0.2, 0.25) is 0 Å². The second-order valence-corrected chi connectivity index (χ2v) is 4.88. The molecule has 8 heteroatoms. The molecule has 0 aliphatic carbocycles. The van der Waals surface area contributed by atoms with Crippen LogP contribution in [0.1, 0.15) is 38.8 Å². The molecular formula is C18H18F2O6. The van der Waals surface area contributed by atoms with Crippen molar-refractivity contribution < 1.29 is 38.4 Å². The van der Waals surface area contributed by atoms with E-state index in [1.165, 1.54) is 24.3 Å². The highest BCUT2D eigenvalue weighted by molar-refractivity contribution is 6.02. The molecule has 0 fully saturated rings. The molecule has 2 aromatic carbocycles. The summed E-state index contributed by atoms with van der Waals surface area (Å²) in [6.07, 6.45) is 0. The molecule has 0 bridgehead atoms. The standard InChI is InChI=1S/C10H9FO4.C8H9FO2/c1-2-15-10(14)6-4-3-5-7(11)8(6)9(12)13;9-8-3-1-2-6(4-10)7(8)5-11/h3-5H,2H2,1H3,(H,12,13);1-3,10-11H,4-5H2. The van der Waals surface area contributed by atoms with Gasteiger partial charge in [-0.15, -0.1) is 0 Å². The maximum absolute atomic E-state index is 13.1. The van der Waals surface area contributed by atoms with Gasteiger partial charge in [-0.1, -0.05) is 18.2 Å². The van der Waals surface area contributed by atoms with Gasteiger partial charge in [-0.05, 0) is 30.7 Å². The Hall–Kier alpha value is -2.84. The number of carbonyl (C=O) groups excluding carboxylic acids is 1. The maximum atomic E-state index is 13.1. The van der Waals surface area contributed by atoms with Crippen LogP contribution in [-0.2, 0) is 18.0 Å². The van der Waals surface area contributed by atoms with E-state index in [-0.39, 0.29) is 30.9 Å². The molecule has 0 saturated carbocycles. The lowest BCUT2D eigenvalue weighted by Crippen LogP contribution is -2.13.